The zero-order valence-corrected chi connectivity index (χ0v) is 23.4. The van der Waals surface area contributed by atoms with Crippen LogP contribution in [-0.2, 0) is 29.0 Å². The molecular formula is C32H30F3N3O6. The minimum absolute atomic E-state index is 0.314. The van der Waals surface area contributed by atoms with Gasteiger partial charge >= 0.3 is 18.1 Å². The zero-order valence-electron chi connectivity index (χ0n) is 23.4. The minimum Gasteiger partial charge on any atom is -0.480 e. The van der Waals surface area contributed by atoms with Gasteiger partial charge < -0.3 is 21.7 Å². The quantitative estimate of drug-likeness (QED) is 0.241. The molecule has 0 atom stereocenters. The number of fused-ring (bicyclic) bond motifs is 2. The van der Waals surface area contributed by atoms with Crippen molar-refractivity contribution in [1.82, 2.24) is 0 Å². The first-order valence-electron chi connectivity index (χ1n) is 13.3. The predicted molar refractivity (Wildman–Crippen MR) is 158 cm³/mol. The Hall–Kier alpha value is -5.23. The number of carbonyl (C=O) groups is 4. The smallest absolute Gasteiger partial charge is 0.480 e. The second-order valence-electron chi connectivity index (χ2n) is 9.69. The van der Waals surface area contributed by atoms with Gasteiger partial charge in [0.25, 0.3) is 5.91 Å². The largest absolute Gasteiger partial charge is 0.490 e. The average Bonchev–Trinajstić information content (AvgIpc) is 3.47. The summed E-state index contributed by atoms with van der Waals surface area (Å²) in [4.78, 5) is 45.4. The topological polar surface area (TPSA) is 164 Å². The van der Waals surface area contributed by atoms with Crippen LogP contribution in [0.2, 0.25) is 0 Å². The van der Waals surface area contributed by atoms with Crippen LogP contribution in [0, 0.1) is 0 Å². The number of amides is 2. The molecule has 1 aliphatic rings. The number of carboxylic acids is 2. The van der Waals surface area contributed by atoms with Crippen LogP contribution in [0.25, 0.3) is 10.8 Å². The Morgan fingerprint density at radius 1 is 0.795 bits per heavy atom. The first-order chi connectivity index (χ1) is 20.8. The molecule has 0 unspecified atom stereocenters. The molecule has 4 aromatic carbocycles. The molecule has 0 saturated heterocycles. The number of hydrogen-bond acceptors (Lipinski definition) is 5. The number of rotatable bonds is 6. The van der Waals surface area contributed by atoms with Crippen molar-refractivity contribution >= 4 is 40.2 Å². The molecule has 0 radical (unpaired) electrons. The molecule has 0 heterocycles. The van der Waals surface area contributed by atoms with Crippen LogP contribution in [-0.4, -0.2) is 46.7 Å². The first-order valence-corrected chi connectivity index (χ1v) is 13.3. The molecule has 0 aliphatic heterocycles. The lowest BCUT2D eigenvalue weighted by molar-refractivity contribution is -0.192. The fraction of sp³-hybridized carbons (Fsp3) is 0.188. The van der Waals surface area contributed by atoms with E-state index in [0.29, 0.717) is 23.4 Å². The molecule has 5 rings (SSSR count). The molecule has 9 nitrogen and oxygen atoms in total. The van der Waals surface area contributed by atoms with Crippen LogP contribution in [0.1, 0.15) is 43.8 Å². The maximum Gasteiger partial charge on any atom is 0.490 e. The lowest BCUT2D eigenvalue weighted by atomic mass is 10.1. The van der Waals surface area contributed by atoms with E-state index in [4.69, 9.17) is 21.4 Å². The number of primary amides is 1. The van der Waals surface area contributed by atoms with Crippen LogP contribution in [0.5, 0.6) is 0 Å². The molecule has 0 aromatic heterocycles. The number of alkyl halides is 3. The number of aryl methyl sites for hydroxylation is 2. The molecule has 0 bridgehead atoms. The summed E-state index contributed by atoms with van der Waals surface area (Å²) in [5, 5.41) is 18.2. The molecule has 1 aliphatic carbocycles. The molecule has 4 aromatic rings. The first kappa shape index (κ1) is 33.3. The van der Waals surface area contributed by atoms with Crippen molar-refractivity contribution in [2.75, 3.05) is 11.4 Å². The fourth-order valence-corrected chi connectivity index (χ4v) is 4.56. The maximum absolute atomic E-state index is 13.0. The minimum atomic E-state index is -5.08. The molecule has 6 N–H and O–H groups in total. The van der Waals surface area contributed by atoms with E-state index in [2.05, 4.69) is 0 Å². The van der Waals surface area contributed by atoms with E-state index in [1.807, 2.05) is 60.7 Å². The molecule has 230 valence electrons. The van der Waals surface area contributed by atoms with Gasteiger partial charge in [0, 0.05) is 23.1 Å². The third kappa shape index (κ3) is 8.88. The summed E-state index contributed by atoms with van der Waals surface area (Å²) in [5.74, 6) is -4.53. The Bertz CT molecular complexity index is 1670. The Kier molecular flexibility index (Phi) is 11.2. The van der Waals surface area contributed by atoms with Crippen molar-refractivity contribution in [2.24, 2.45) is 11.5 Å². The third-order valence-electron chi connectivity index (χ3n) is 6.63. The number of aliphatic carboxylic acids is 2. The highest BCUT2D eigenvalue weighted by atomic mass is 19.4. The van der Waals surface area contributed by atoms with Gasteiger partial charge in [-0.05, 0) is 71.7 Å². The van der Waals surface area contributed by atoms with Gasteiger partial charge in [0.1, 0.15) is 6.54 Å². The average molecular weight is 610 g/mol. The SMILES string of the molecule is NC(=O)c1ccc2c(c1)CCC2.NCc1cccc(C(=O)N(CC(=O)O)c2cccc3ccccc23)c1.O=C(O)C(F)(F)F. The number of hydrogen-bond donors (Lipinski definition) is 4. The van der Waals surface area contributed by atoms with E-state index < -0.39 is 24.7 Å². The fourth-order valence-electron chi connectivity index (χ4n) is 4.56. The number of halogens is 3. The van der Waals surface area contributed by atoms with Crippen molar-refractivity contribution in [2.45, 2.75) is 32.0 Å². The summed E-state index contributed by atoms with van der Waals surface area (Å²) < 4.78 is 31.7. The maximum atomic E-state index is 13.0. The van der Waals surface area contributed by atoms with E-state index in [9.17, 15) is 32.7 Å². The van der Waals surface area contributed by atoms with Crippen molar-refractivity contribution in [3.05, 3.63) is 113 Å². The highest BCUT2D eigenvalue weighted by molar-refractivity contribution is 6.12. The monoisotopic (exact) mass is 609 g/mol. The highest BCUT2D eigenvalue weighted by Crippen LogP contribution is 2.28. The van der Waals surface area contributed by atoms with Crippen LogP contribution in [0.15, 0.2) is 84.9 Å². The highest BCUT2D eigenvalue weighted by Gasteiger charge is 2.38. The predicted octanol–water partition coefficient (Wildman–Crippen LogP) is 4.94. The van der Waals surface area contributed by atoms with Crippen LogP contribution >= 0.6 is 0 Å². The Morgan fingerprint density at radius 3 is 2.07 bits per heavy atom. The number of carbonyl (C=O) groups excluding carboxylic acids is 2. The summed E-state index contributed by atoms with van der Waals surface area (Å²) in [5.41, 5.74) is 15.9. The van der Waals surface area contributed by atoms with E-state index >= 15 is 0 Å². The van der Waals surface area contributed by atoms with Gasteiger partial charge in [-0.15, -0.1) is 0 Å². The van der Waals surface area contributed by atoms with E-state index in [0.717, 1.165) is 29.2 Å². The zero-order chi connectivity index (χ0) is 32.4. The lowest BCUT2D eigenvalue weighted by Gasteiger charge is -2.23. The van der Waals surface area contributed by atoms with E-state index in [-0.39, 0.29) is 11.8 Å². The number of nitrogens with two attached hydrogens (primary N) is 2. The molecule has 2 amide bonds. The van der Waals surface area contributed by atoms with Gasteiger partial charge in [0.05, 0.1) is 5.69 Å². The molecule has 0 saturated carbocycles. The standard InChI is InChI=1S/C20H18N2O3.C10H11NO.C2HF3O2/c21-12-14-5-3-8-16(11-14)20(25)22(13-19(23)24)18-10-4-7-15-6-1-2-9-17(15)18;11-10(12)9-5-4-7-2-1-3-8(7)6-9;3-2(4,5)1(6)7/h1-11H,12-13,21H2,(H,23,24);4-6H,1-3H2,(H2,11,12);(H,6,7). The molecule has 12 heteroatoms. The van der Waals surface area contributed by atoms with Gasteiger partial charge in [-0.2, -0.15) is 13.2 Å². The summed E-state index contributed by atoms with van der Waals surface area (Å²) in [7, 11) is 0. The molecular weight excluding hydrogens is 579 g/mol. The number of carboxylic acid groups (broad SMARTS) is 2. The van der Waals surface area contributed by atoms with Gasteiger partial charge in [0.2, 0.25) is 5.91 Å². The van der Waals surface area contributed by atoms with Gasteiger partial charge in [-0.1, -0.05) is 54.6 Å². The van der Waals surface area contributed by atoms with Crippen molar-refractivity contribution in [3.8, 4) is 0 Å². The van der Waals surface area contributed by atoms with Crippen LogP contribution in [0.4, 0.5) is 18.9 Å². The van der Waals surface area contributed by atoms with Crippen LogP contribution in [0.3, 0.4) is 0 Å². The summed E-state index contributed by atoms with van der Waals surface area (Å²) in [6.45, 7) is -0.103. The van der Waals surface area contributed by atoms with Crippen molar-refractivity contribution < 1.29 is 42.6 Å². The summed E-state index contributed by atoms with van der Waals surface area (Å²) >= 11 is 0. The Balaban J connectivity index is 0.000000229. The second-order valence-corrected chi connectivity index (χ2v) is 9.69. The van der Waals surface area contributed by atoms with Crippen LogP contribution < -0.4 is 16.4 Å². The van der Waals surface area contributed by atoms with Gasteiger partial charge in [-0.25, -0.2) is 4.79 Å². The van der Waals surface area contributed by atoms with Gasteiger partial charge in [-0.3, -0.25) is 19.3 Å². The number of nitrogens with zero attached hydrogens (tertiary/aromatic N) is 1. The summed E-state index contributed by atoms with van der Waals surface area (Å²) in [6, 6.07) is 25.8. The Labute approximate surface area is 250 Å². The summed E-state index contributed by atoms with van der Waals surface area (Å²) in [6.07, 6.45) is -1.64. The molecule has 0 fully saturated rings. The van der Waals surface area contributed by atoms with Gasteiger partial charge in [0.15, 0.2) is 0 Å². The number of benzene rings is 4. The normalized spacial score (nSPS) is 11.7. The van der Waals surface area contributed by atoms with Crippen molar-refractivity contribution in [3.63, 3.8) is 0 Å². The molecule has 0 spiro atoms. The van der Waals surface area contributed by atoms with Crippen molar-refractivity contribution in [1.29, 1.82) is 0 Å². The molecule has 44 heavy (non-hydrogen) atoms. The van der Waals surface area contributed by atoms with E-state index in [1.165, 1.54) is 22.4 Å². The third-order valence-corrected chi connectivity index (χ3v) is 6.63. The Morgan fingerprint density at radius 2 is 1.43 bits per heavy atom. The lowest BCUT2D eigenvalue weighted by Crippen LogP contribution is -2.36. The number of anilines is 1. The van der Waals surface area contributed by atoms with E-state index in [1.54, 1.807) is 24.3 Å². The second kappa shape index (κ2) is 14.8.